The van der Waals surface area contributed by atoms with Crippen molar-refractivity contribution in [2.75, 3.05) is 6.54 Å². The van der Waals surface area contributed by atoms with Crippen LogP contribution in [0.4, 0.5) is 0 Å². The van der Waals surface area contributed by atoms with Crippen LogP contribution in [0, 0.1) is 0 Å². The van der Waals surface area contributed by atoms with Gasteiger partial charge in [-0.05, 0) is 59.7 Å². The van der Waals surface area contributed by atoms with Gasteiger partial charge in [0.1, 0.15) is 5.82 Å². The van der Waals surface area contributed by atoms with Gasteiger partial charge < -0.3 is 9.88 Å². The predicted octanol–water partition coefficient (Wildman–Crippen LogP) is 11.6. The van der Waals surface area contributed by atoms with Crippen LogP contribution in [0.2, 0.25) is 0 Å². The van der Waals surface area contributed by atoms with Gasteiger partial charge in [0.25, 0.3) is 0 Å². The van der Waals surface area contributed by atoms with E-state index in [1.807, 2.05) is 36.4 Å². The molecule has 0 aliphatic carbocycles. The molecule has 6 nitrogen and oxygen atoms in total. The number of para-hydroxylation sites is 3. The zero-order valence-corrected chi connectivity index (χ0v) is 30.3. The largest absolute Gasteiger partial charge is 0.367 e. The lowest BCUT2D eigenvalue weighted by molar-refractivity contribution is 0.914. The fourth-order valence-electron chi connectivity index (χ4n) is 8.14. The predicted molar refractivity (Wildman–Crippen MR) is 230 cm³/mol. The third-order valence-corrected chi connectivity index (χ3v) is 10.8. The number of rotatable bonds is 6. The molecule has 1 aliphatic rings. The lowest BCUT2D eigenvalue weighted by Gasteiger charge is -2.20. The molecule has 0 saturated heterocycles. The quantitative estimate of drug-likeness (QED) is 0.186. The molecular formula is C50H34N6. The molecule has 0 fully saturated rings. The molecule has 4 heterocycles. The number of allylic oxidation sites excluding steroid dienone is 2. The number of nitrogens with zero attached hydrogens (tertiary/aromatic N) is 5. The first-order valence-corrected chi connectivity index (χ1v) is 18.9. The van der Waals surface area contributed by atoms with Crippen LogP contribution in [-0.2, 0) is 0 Å². The van der Waals surface area contributed by atoms with Crippen molar-refractivity contribution in [3.05, 3.63) is 194 Å². The van der Waals surface area contributed by atoms with E-state index in [1.54, 1.807) is 0 Å². The number of hydrogen-bond donors (Lipinski definition) is 1. The van der Waals surface area contributed by atoms with E-state index in [0.29, 0.717) is 24.0 Å². The highest BCUT2D eigenvalue weighted by molar-refractivity contribution is 6.19. The number of nitrogens with one attached hydrogen (secondary N) is 1. The summed E-state index contributed by atoms with van der Waals surface area (Å²) in [6.45, 7) is 0.553. The molecule has 0 unspecified atom stereocenters. The van der Waals surface area contributed by atoms with Crippen LogP contribution in [0.15, 0.2) is 188 Å². The first-order chi connectivity index (χ1) is 27.8. The number of fused-ring (bicyclic) bond motifs is 6. The molecule has 0 bridgehead atoms. The molecule has 56 heavy (non-hydrogen) atoms. The van der Waals surface area contributed by atoms with Crippen LogP contribution in [0.5, 0.6) is 0 Å². The smallest absolute Gasteiger partial charge is 0.164 e. The Hall–Kier alpha value is -7.57. The maximum Gasteiger partial charge on any atom is 0.164 e. The summed E-state index contributed by atoms with van der Waals surface area (Å²) in [5.41, 5.74) is 11.0. The van der Waals surface area contributed by atoms with E-state index in [2.05, 4.69) is 166 Å². The fraction of sp³-hybridized carbons (Fsp3) is 0.0200. The number of benzene rings is 7. The molecule has 0 saturated carbocycles. The molecule has 1 aliphatic heterocycles. The third-order valence-electron chi connectivity index (χ3n) is 10.8. The fourth-order valence-corrected chi connectivity index (χ4v) is 8.14. The topological polar surface area (TPSA) is 60.6 Å². The van der Waals surface area contributed by atoms with Crippen LogP contribution >= 0.6 is 0 Å². The zero-order chi connectivity index (χ0) is 37.0. The van der Waals surface area contributed by atoms with Crippen molar-refractivity contribution in [3.63, 3.8) is 0 Å². The second kappa shape index (κ2) is 13.1. The molecule has 11 rings (SSSR count). The first-order valence-electron chi connectivity index (χ1n) is 18.9. The summed E-state index contributed by atoms with van der Waals surface area (Å²) in [6, 6.07) is 61.7. The molecule has 10 aromatic rings. The third kappa shape index (κ3) is 5.30. The van der Waals surface area contributed by atoms with Gasteiger partial charge in [-0.3, -0.25) is 4.57 Å². The Bertz CT molecular complexity index is 3160. The summed E-state index contributed by atoms with van der Waals surface area (Å²) in [5, 5.41) is 8.68. The van der Waals surface area contributed by atoms with Gasteiger partial charge in [-0.1, -0.05) is 140 Å². The highest BCUT2D eigenvalue weighted by atomic mass is 15.2. The Labute approximate surface area is 323 Å². The van der Waals surface area contributed by atoms with Gasteiger partial charge in [-0.2, -0.15) is 0 Å². The van der Waals surface area contributed by atoms with Gasteiger partial charge in [0.2, 0.25) is 0 Å². The molecule has 6 heteroatoms. The standard InChI is InChI=1S/C50H34N6/c1-4-14-33(15-5-1)34-24-26-36(27-25-34)49-52-48(35-16-6-2-7-17-35)53-50(54-49)37-28-29-47(51-32-37)56-44-23-13-11-21-40(44)42-30-41-39-20-10-12-22-43(39)55(45(41)31-46(42)56)38-18-8-3-9-19-38/h1-31,51H,32H2. The maximum absolute atomic E-state index is 5.07. The van der Waals surface area contributed by atoms with E-state index in [0.717, 1.165) is 44.8 Å². The SMILES string of the molecule is C1=C(c2nc(-c3ccccc3)nc(-c3ccc(-c4ccccc4)cc3)n2)CNC(n2c3ccccc3c3cc4c5ccccc5n(-c5ccccc5)c4cc32)=C1. The van der Waals surface area contributed by atoms with Crippen LogP contribution in [-0.4, -0.2) is 30.6 Å². The van der Waals surface area contributed by atoms with E-state index >= 15 is 0 Å². The van der Waals surface area contributed by atoms with Crippen molar-refractivity contribution in [2.45, 2.75) is 0 Å². The average Bonchev–Trinajstić information content (AvgIpc) is 3.78. The molecule has 7 aromatic carbocycles. The van der Waals surface area contributed by atoms with Crippen molar-refractivity contribution in [2.24, 2.45) is 0 Å². The van der Waals surface area contributed by atoms with Crippen LogP contribution in [0.1, 0.15) is 5.82 Å². The summed E-state index contributed by atoms with van der Waals surface area (Å²) < 4.78 is 4.73. The minimum Gasteiger partial charge on any atom is -0.367 e. The van der Waals surface area contributed by atoms with Gasteiger partial charge in [-0.15, -0.1) is 0 Å². The first kappa shape index (κ1) is 31.9. The second-order valence-electron chi connectivity index (χ2n) is 14.1. The monoisotopic (exact) mass is 718 g/mol. The van der Waals surface area contributed by atoms with E-state index in [1.165, 1.54) is 38.1 Å². The van der Waals surface area contributed by atoms with E-state index in [4.69, 9.17) is 15.0 Å². The summed E-state index contributed by atoms with van der Waals surface area (Å²) in [6.07, 6.45) is 4.31. The molecule has 1 N–H and O–H groups in total. The van der Waals surface area contributed by atoms with Crippen LogP contribution in [0.25, 0.3) is 94.6 Å². The minimum atomic E-state index is 0.553. The van der Waals surface area contributed by atoms with E-state index < -0.39 is 0 Å². The summed E-state index contributed by atoms with van der Waals surface area (Å²) >= 11 is 0. The van der Waals surface area contributed by atoms with Gasteiger partial charge in [0.15, 0.2) is 17.5 Å². The molecule has 0 amide bonds. The average molecular weight is 719 g/mol. The van der Waals surface area contributed by atoms with Gasteiger partial charge in [-0.25, -0.2) is 15.0 Å². The van der Waals surface area contributed by atoms with Gasteiger partial charge in [0.05, 0.1) is 22.1 Å². The van der Waals surface area contributed by atoms with Crippen molar-refractivity contribution in [1.82, 2.24) is 29.4 Å². The highest BCUT2D eigenvalue weighted by Gasteiger charge is 2.21. The summed E-state index contributed by atoms with van der Waals surface area (Å²) in [7, 11) is 0. The molecule has 0 atom stereocenters. The van der Waals surface area contributed by atoms with Crippen molar-refractivity contribution >= 4 is 55.0 Å². The van der Waals surface area contributed by atoms with E-state index in [-0.39, 0.29) is 0 Å². The second-order valence-corrected chi connectivity index (χ2v) is 14.1. The van der Waals surface area contributed by atoms with Crippen molar-refractivity contribution in [3.8, 4) is 39.6 Å². The Balaban J connectivity index is 1.05. The number of dihydropyridines is 1. The summed E-state index contributed by atoms with van der Waals surface area (Å²) in [4.78, 5) is 15.1. The number of aromatic nitrogens is 5. The van der Waals surface area contributed by atoms with Crippen LogP contribution in [0.3, 0.4) is 0 Å². The maximum atomic E-state index is 5.07. The molecule has 264 valence electrons. The summed E-state index contributed by atoms with van der Waals surface area (Å²) in [5.74, 6) is 2.94. The highest BCUT2D eigenvalue weighted by Crippen LogP contribution is 2.39. The zero-order valence-electron chi connectivity index (χ0n) is 30.3. The van der Waals surface area contributed by atoms with Gasteiger partial charge >= 0.3 is 0 Å². The van der Waals surface area contributed by atoms with Gasteiger partial charge in [0, 0.05) is 50.5 Å². The van der Waals surface area contributed by atoms with E-state index in [9.17, 15) is 0 Å². The Morgan fingerprint density at radius 1 is 0.375 bits per heavy atom. The molecule has 3 aromatic heterocycles. The Kier molecular flexibility index (Phi) is 7.45. The molecular weight excluding hydrogens is 685 g/mol. The van der Waals surface area contributed by atoms with Crippen LogP contribution < -0.4 is 5.32 Å². The number of hydrogen-bond acceptors (Lipinski definition) is 4. The normalized spacial score (nSPS) is 12.9. The minimum absolute atomic E-state index is 0.553. The van der Waals surface area contributed by atoms with Crippen molar-refractivity contribution < 1.29 is 0 Å². The Morgan fingerprint density at radius 2 is 0.857 bits per heavy atom. The lowest BCUT2D eigenvalue weighted by Crippen LogP contribution is -2.23. The molecule has 0 radical (unpaired) electrons. The lowest BCUT2D eigenvalue weighted by atomic mass is 10.0. The Morgan fingerprint density at radius 3 is 1.48 bits per heavy atom. The van der Waals surface area contributed by atoms with Crippen molar-refractivity contribution in [1.29, 1.82) is 0 Å². The molecule has 0 spiro atoms.